The lowest BCUT2D eigenvalue weighted by atomic mass is 9.84. The van der Waals surface area contributed by atoms with Crippen LogP contribution in [0.1, 0.15) is 37.8 Å². The fourth-order valence-corrected chi connectivity index (χ4v) is 3.64. The zero-order valence-corrected chi connectivity index (χ0v) is 15.9. The Balaban J connectivity index is 1.47. The van der Waals surface area contributed by atoms with Gasteiger partial charge in [-0.05, 0) is 30.4 Å². The molecule has 1 N–H and O–H groups in total. The van der Waals surface area contributed by atoms with Crippen molar-refractivity contribution in [1.29, 1.82) is 0 Å². The van der Waals surface area contributed by atoms with Crippen LogP contribution in [0.25, 0.3) is 0 Å². The van der Waals surface area contributed by atoms with E-state index in [-0.39, 0.29) is 11.3 Å². The molecule has 1 heterocycles. The number of carbonyl (C=O) groups excluding carboxylic acids is 1. The van der Waals surface area contributed by atoms with Crippen molar-refractivity contribution in [2.75, 3.05) is 13.1 Å². The second-order valence-corrected chi connectivity index (χ2v) is 8.06. The van der Waals surface area contributed by atoms with Crippen molar-refractivity contribution in [2.45, 2.75) is 45.7 Å². The van der Waals surface area contributed by atoms with Gasteiger partial charge >= 0.3 is 0 Å². The van der Waals surface area contributed by atoms with E-state index in [4.69, 9.17) is 0 Å². The van der Waals surface area contributed by atoms with Gasteiger partial charge in [0.15, 0.2) is 0 Å². The second kappa shape index (κ2) is 8.50. The van der Waals surface area contributed by atoms with E-state index in [2.05, 4.69) is 52.7 Å². The normalized spacial score (nSPS) is 16.4. The maximum absolute atomic E-state index is 12.8. The number of nitrogens with zero attached hydrogens (tertiary/aromatic N) is 1. The Kier molecular flexibility index (Phi) is 6.10. The van der Waals surface area contributed by atoms with Crippen LogP contribution in [0, 0.1) is 5.41 Å². The molecule has 0 spiro atoms. The smallest absolute Gasteiger partial charge is 0.226 e. The van der Waals surface area contributed by atoms with Crippen LogP contribution in [0.4, 0.5) is 0 Å². The number of benzene rings is 2. The zero-order chi connectivity index (χ0) is 18.4. The first-order valence-corrected chi connectivity index (χ1v) is 9.64. The number of carbonyl (C=O) groups is 1. The van der Waals surface area contributed by atoms with E-state index in [0.717, 1.165) is 38.9 Å². The Labute approximate surface area is 157 Å². The number of amides is 1. The number of hydrogen-bond acceptors (Lipinski definition) is 2. The quantitative estimate of drug-likeness (QED) is 0.853. The lowest BCUT2D eigenvalue weighted by Crippen LogP contribution is -2.48. The SMILES string of the molecule is CC(C)(Cc1ccccc1)C(=O)NC1CCN(Cc2ccccc2)CC1. The zero-order valence-electron chi connectivity index (χ0n) is 15.9. The van der Waals surface area contributed by atoms with Gasteiger partial charge < -0.3 is 5.32 Å². The van der Waals surface area contributed by atoms with Crippen molar-refractivity contribution in [3.05, 3.63) is 71.8 Å². The summed E-state index contributed by atoms with van der Waals surface area (Å²) in [6.45, 7) is 7.17. The van der Waals surface area contributed by atoms with Crippen LogP contribution in [0.3, 0.4) is 0 Å². The predicted octanol–water partition coefficient (Wildman–Crippen LogP) is 4.04. The minimum Gasteiger partial charge on any atom is -0.353 e. The molecule has 1 amide bonds. The average Bonchev–Trinajstić information content (AvgIpc) is 2.64. The van der Waals surface area contributed by atoms with E-state index < -0.39 is 0 Å². The van der Waals surface area contributed by atoms with Crippen LogP contribution < -0.4 is 5.32 Å². The molecule has 3 nitrogen and oxygen atoms in total. The van der Waals surface area contributed by atoms with E-state index in [1.165, 1.54) is 11.1 Å². The van der Waals surface area contributed by atoms with E-state index in [9.17, 15) is 4.79 Å². The van der Waals surface area contributed by atoms with Crippen molar-refractivity contribution in [2.24, 2.45) is 5.41 Å². The Morgan fingerprint density at radius 2 is 1.50 bits per heavy atom. The molecular formula is C23H30N2O. The molecule has 0 atom stereocenters. The van der Waals surface area contributed by atoms with Gasteiger partial charge in [0.2, 0.25) is 5.91 Å². The van der Waals surface area contributed by atoms with Crippen molar-refractivity contribution in [3.63, 3.8) is 0 Å². The van der Waals surface area contributed by atoms with Gasteiger partial charge in [0, 0.05) is 31.1 Å². The predicted molar refractivity (Wildman–Crippen MR) is 107 cm³/mol. The van der Waals surface area contributed by atoms with Gasteiger partial charge in [0.1, 0.15) is 0 Å². The molecule has 0 bridgehead atoms. The van der Waals surface area contributed by atoms with Gasteiger partial charge in [0.25, 0.3) is 0 Å². The summed E-state index contributed by atoms with van der Waals surface area (Å²) in [6, 6.07) is 21.2. The molecule has 1 aliphatic heterocycles. The molecule has 2 aromatic rings. The van der Waals surface area contributed by atoms with Crippen LogP contribution in [0.2, 0.25) is 0 Å². The summed E-state index contributed by atoms with van der Waals surface area (Å²) in [5, 5.41) is 3.30. The highest BCUT2D eigenvalue weighted by molar-refractivity contribution is 5.82. The van der Waals surface area contributed by atoms with Gasteiger partial charge in [0.05, 0.1) is 0 Å². The highest BCUT2D eigenvalue weighted by Gasteiger charge is 2.30. The molecule has 0 saturated carbocycles. The fraction of sp³-hybridized carbons (Fsp3) is 0.435. The van der Waals surface area contributed by atoms with Gasteiger partial charge in [-0.3, -0.25) is 9.69 Å². The first kappa shape index (κ1) is 18.7. The Bertz CT molecular complexity index is 689. The molecule has 1 fully saturated rings. The van der Waals surface area contributed by atoms with E-state index in [1.807, 2.05) is 32.0 Å². The van der Waals surface area contributed by atoms with Gasteiger partial charge in [-0.1, -0.05) is 74.5 Å². The second-order valence-electron chi connectivity index (χ2n) is 8.06. The molecule has 1 saturated heterocycles. The number of likely N-dealkylation sites (tertiary alicyclic amines) is 1. The summed E-state index contributed by atoms with van der Waals surface area (Å²) in [5.74, 6) is 0.169. The lowest BCUT2D eigenvalue weighted by molar-refractivity contribution is -0.130. The number of rotatable bonds is 6. The molecular weight excluding hydrogens is 320 g/mol. The monoisotopic (exact) mass is 350 g/mol. The van der Waals surface area contributed by atoms with Crippen LogP contribution in [0.15, 0.2) is 60.7 Å². The van der Waals surface area contributed by atoms with E-state index >= 15 is 0 Å². The van der Waals surface area contributed by atoms with Crippen molar-refractivity contribution in [1.82, 2.24) is 10.2 Å². The van der Waals surface area contributed by atoms with Crippen molar-refractivity contribution in [3.8, 4) is 0 Å². The molecule has 0 unspecified atom stereocenters. The highest BCUT2D eigenvalue weighted by Crippen LogP contribution is 2.23. The van der Waals surface area contributed by atoms with Crippen LogP contribution in [-0.4, -0.2) is 29.9 Å². The van der Waals surface area contributed by atoms with E-state index in [0.29, 0.717) is 6.04 Å². The summed E-state index contributed by atoms with van der Waals surface area (Å²) in [5.41, 5.74) is 2.19. The summed E-state index contributed by atoms with van der Waals surface area (Å²) in [6.07, 6.45) is 2.83. The third kappa shape index (κ3) is 5.18. The van der Waals surface area contributed by atoms with Crippen LogP contribution >= 0.6 is 0 Å². The minimum absolute atomic E-state index is 0.169. The van der Waals surface area contributed by atoms with Crippen LogP contribution in [-0.2, 0) is 17.8 Å². The third-order valence-electron chi connectivity index (χ3n) is 5.28. The fourth-order valence-electron chi connectivity index (χ4n) is 3.64. The minimum atomic E-state index is -0.386. The molecule has 0 aromatic heterocycles. The molecule has 3 rings (SSSR count). The molecule has 2 aromatic carbocycles. The maximum Gasteiger partial charge on any atom is 0.226 e. The summed E-state index contributed by atoms with van der Waals surface area (Å²) in [4.78, 5) is 15.3. The third-order valence-corrected chi connectivity index (χ3v) is 5.28. The lowest BCUT2D eigenvalue weighted by Gasteiger charge is -2.34. The van der Waals surface area contributed by atoms with Crippen molar-refractivity contribution < 1.29 is 4.79 Å². The molecule has 26 heavy (non-hydrogen) atoms. The molecule has 3 heteroatoms. The van der Waals surface area contributed by atoms with Gasteiger partial charge in [-0.15, -0.1) is 0 Å². The first-order valence-electron chi connectivity index (χ1n) is 9.64. The Hall–Kier alpha value is -2.13. The number of hydrogen-bond donors (Lipinski definition) is 1. The van der Waals surface area contributed by atoms with Crippen LogP contribution in [0.5, 0.6) is 0 Å². The first-order chi connectivity index (χ1) is 12.5. The Morgan fingerprint density at radius 3 is 2.08 bits per heavy atom. The van der Waals surface area contributed by atoms with Gasteiger partial charge in [-0.2, -0.15) is 0 Å². The molecule has 1 aliphatic rings. The topological polar surface area (TPSA) is 32.3 Å². The van der Waals surface area contributed by atoms with Crippen molar-refractivity contribution >= 4 is 5.91 Å². The largest absolute Gasteiger partial charge is 0.353 e. The van der Waals surface area contributed by atoms with E-state index in [1.54, 1.807) is 0 Å². The number of nitrogens with one attached hydrogen (secondary N) is 1. The summed E-state index contributed by atoms with van der Waals surface area (Å²) >= 11 is 0. The summed E-state index contributed by atoms with van der Waals surface area (Å²) < 4.78 is 0. The number of piperidine rings is 1. The molecule has 138 valence electrons. The standard InChI is InChI=1S/C23H30N2O/c1-23(2,17-19-9-5-3-6-10-19)22(26)24-21-13-15-25(16-14-21)18-20-11-7-4-8-12-20/h3-12,21H,13-18H2,1-2H3,(H,24,26). The summed E-state index contributed by atoms with van der Waals surface area (Å²) in [7, 11) is 0. The molecule has 0 radical (unpaired) electrons. The maximum atomic E-state index is 12.8. The van der Waals surface area contributed by atoms with Gasteiger partial charge in [-0.25, -0.2) is 0 Å². The highest BCUT2D eigenvalue weighted by atomic mass is 16.2. The Morgan fingerprint density at radius 1 is 0.962 bits per heavy atom. The average molecular weight is 351 g/mol. The molecule has 0 aliphatic carbocycles.